The number of hydrogen-bond acceptors (Lipinski definition) is 5. The van der Waals surface area contributed by atoms with E-state index in [1.807, 2.05) is 31.2 Å². The minimum absolute atomic E-state index is 0.0518. The summed E-state index contributed by atoms with van der Waals surface area (Å²) < 4.78 is 26.0. The van der Waals surface area contributed by atoms with Gasteiger partial charge in [-0.05, 0) is 48.7 Å². The fourth-order valence-corrected chi connectivity index (χ4v) is 3.99. The lowest BCUT2D eigenvalue weighted by Crippen LogP contribution is -2.33. The highest BCUT2D eigenvalue weighted by molar-refractivity contribution is 5.55. The van der Waals surface area contributed by atoms with E-state index in [1.165, 1.54) is 12.1 Å². The fourth-order valence-electron chi connectivity index (χ4n) is 3.99. The largest absolute Gasteiger partial charge is 0.497 e. The first-order valence-electron chi connectivity index (χ1n) is 10.1. The Morgan fingerprint density at radius 3 is 2.50 bits per heavy atom. The Labute approximate surface area is 184 Å². The first-order chi connectivity index (χ1) is 15.4. The smallest absolute Gasteiger partial charge is 0.258 e. The number of allylic oxidation sites excluding steroid dienone is 1. The molecule has 1 aliphatic rings. The first kappa shape index (κ1) is 21.2. The van der Waals surface area contributed by atoms with Crippen molar-refractivity contribution in [2.24, 2.45) is 5.73 Å². The third kappa shape index (κ3) is 3.83. The molecule has 2 heterocycles. The number of nitrogens with zero attached hydrogens (tertiary/aromatic N) is 2. The quantitative estimate of drug-likeness (QED) is 0.664. The van der Waals surface area contributed by atoms with Gasteiger partial charge in [-0.3, -0.25) is 4.79 Å². The van der Waals surface area contributed by atoms with E-state index in [-0.39, 0.29) is 17.0 Å². The van der Waals surface area contributed by atoms with Crippen LogP contribution in [0.3, 0.4) is 0 Å². The average Bonchev–Trinajstić information content (AvgIpc) is 2.79. The molecule has 1 atom stereocenters. The summed E-state index contributed by atoms with van der Waals surface area (Å²) in [6.07, 6.45) is 0.634. The van der Waals surface area contributed by atoms with Gasteiger partial charge in [0, 0.05) is 18.3 Å². The van der Waals surface area contributed by atoms with Crippen molar-refractivity contribution >= 4 is 0 Å². The summed E-state index contributed by atoms with van der Waals surface area (Å²) in [5.41, 5.74) is 8.56. The lowest BCUT2D eigenvalue weighted by molar-refractivity contribution is 0.388. The molecule has 1 unspecified atom stereocenters. The number of methoxy groups -OCH3 is 1. The van der Waals surface area contributed by atoms with Gasteiger partial charge in [0.2, 0.25) is 5.88 Å². The van der Waals surface area contributed by atoms with Gasteiger partial charge in [-0.2, -0.15) is 5.26 Å². The van der Waals surface area contributed by atoms with Crippen LogP contribution in [0.1, 0.15) is 28.3 Å². The van der Waals surface area contributed by atoms with E-state index in [0.29, 0.717) is 35.5 Å². The summed E-state index contributed by atoms with van der Waals surface area (Å²) in [5, 5.41) is 9.72. The number of pyridine rings is 1. The summed E-state index contributed by atoms with van der Waals surface area (Å²) in [5.74, 6) is -0.103. The fraction of sp³-hybridized carbons (Fsp3) is 0.200. The van der Waals surface area contributed by atoms with Gasteiger partial charge >= 0.3 is 0 Å². The van der Waals surface area contributed by atoms with Gasteiger partial charge in [0.25, 0.3) is 5.56 Å². The average molecular weight is 431 g/mol. The molecule has 0 saturated heterocycles. The molecule has 0 amide bonds. The standard InChI is InChI=1S/C25H22FN3O3/c1-15-13-21-23(25(30)29(15)12-11-16-3-9-19(31-2)10-4-16)22(20(14-27)24(28)32-21)17-5-7-18(26)8-6-17/h3-10,13,22H,11-12,28H2,1-2H3. The Morgan fingerprint density at radius 1 is 1.19 bits per heavy atom. The molecule has 0 fully saturated rings. The van der Waals surface area contributed by atoms with Crippen molar-refractivity contribution in [3.05, 3.63) is 105 Å². The van der Waals surface area contributed by atoms with Crippen molar-refractivity contribution in [2.75, 3.05) is 7.11 Å². The van der Waals surface area contributed by atoms with E-state index in [2.05, 4.69) is 6.07 Å². The number of halogens is 1. The minimum atomic E-state index is -0.732. The Balaban J connectivity index is 1.77. The number of hydrogen-bond donors (Lipinski definition) is 1. The zero-order valence-corrected chi connectivity index (χ0v) is 17.8. The van der Waals surface area contributed by atoms with Crippen LogP contribution in [0.15, 0.2) is 70.8 Å². The van der Waals surface area contributed by atoms with E-state index in [4.69, 9.17) is 15.2 Å². The molecule has 4 rings (SSSR count). The molecule has 0 spiro atoms. The lowest BCUT2D eigenvalue weighted by Gasteiger charge is -2.27. The number of fused-ring (bicyclic) bond motifs is 1. The predicted molar refractivity (Wildman–Crippen MR) is 118 cm³/mol. The Hall–Kier alpha value is -4.05. The van der Waals surface area contributed by atoms with Crippen LogP contribution in [0.5, 0.6) is 11.5 Å². The van der Waals surface area contributed by atoms with E-state index < -0.39 is 11.7 Å². The molecule has 1 aliphatic heterocycles. The maximum atomic E-state index is 13.6. The van der Waals surface area contributed by atoms with Crippen LogP contribution in [0, 0.1) is 24.1 Å². The number of nitriles is 1. The van der Waals surface area contributed by atoms with Crippen LogP contribution in [-0.2, 0) is 13.0 Å². The molecule has 0 saturated carbocycles. The summed E-state index contributed by atoms with van der Waals surface area (Å²) in [4.78, 5) is 13.6. The maximum Gasteiger partial charge on any atom is 0.258 e. The molecule has 6 nitrogen and oxygen atoms in total. The van der Waals surface area contributed by atoms with Crippen LogP contribution in [0.4, 0.5) is 4.39 Å². The van der Waals surface area contributed by atoms with E-state index >= 15 is 0 Å². The van der Waals surface area contributed by atoms with E-state index in [9.17, 15) is 14.4 Å². The highest BCUT2D eigenvalue weighted by Crippen LogP contribution is 2.40. The molecule has 32 heavy (non-hydrogen) atoms. The van der Waals surface area contributed by atoms with Crippen molar-refractivity contribution in [2.45, 2.75) is 25.8 Å². The van der Waals surface area contributed by atoms with Crippen molar-refractivity contribution in [3.8, 4) is 17.6 Å². The van der Waals surface area contributed by atoms with Crippen molar-refractivity contribution in [1.82, 2.24) is 4.57 Å². The van der Waals surface area contributed by atoms with Gasteiger partial charge in [0.15, 0.2) is 0 Å². The molecule has 2 N–H and O–H groups in total. The zero-order chi connectivity index (χ0) is 22.8. The van der Waals surface area contributed by atoms with Crippen LogP contribution in [-0.4, -0.2) is 11.7 Å². The van der Waals surface area contributed by atoms with Gasteiger partial charge in [0.05, 0.1) is 18.6 Å². The van der Waals surface area contributed by atoms with Crippen LogP contribution in [0.25, 0.3) is 0 Å². The summed E-state index contributed by atoms with van der Waals surface area (Å²) in [6.45, 7) is 2.27. The highest BCUT2D eigenvalue weighted by Gasteiger charge is 2.34. The minimum Gasteiger partial charge on any atom is -0.497 e. The summed E-state index contributed by atoms with van der Waals surface area (Å²) in [7, 11) is 1.61. The van der Waals surface area contributed by atoms with E-state index in [0.717, 1.165) is 11.3 Å². The number of aryl methyl sites for hydroxylation is 2. The van der Waals surface area contributed by atoms with Gasteiger partial charge in [-0.15, -0.1) is 0 Å². The molecule has 0 radical (unpaired) electrons. The van der Waals surface area contributed by atoms with Crippen LogP contribution >= 0.6 is 0 Å². The molecule has 3 aromatic rings. The van der Waals surface area contributed by atoms with E-state index in [1.54, 1.807) is 29.9 Å². The molecule has 162 valence electrons. The molecule has 2 aromatic carbocycles. The highest BCUT2D eigenvalue weighted by atomic mass is 19.1. The lowest BCUT2D eigenvalue weighted by atomic mass is 9.84. The topological polar surface area (TPSA) is 90.3 Å². The second-order valence-electron chi connectivity index (χ2n) is 7.59. The monoisotopic (exact) mass is 431 g/mol. The Bertz CT molecular complexity index is 1290. The molecule has 7 heteroatoms. The van der Waals surface area contributed by atoms with Crippen LogP contribution in [0.2, 0.25) is 0 Å². The number of aromatic nitrogens is 1. The number of ether oxygens (including phenoxy) is 2. The summed E-state index contributed by atoms with van der Waals surface area (Å²) >= 11 is 0. The van der Waals surface area contributed by atoms with Gasteiger partial charge in [-0.25, -0.2) is 4.39 Å². The maximum absolute atomic E-state index is 13.6. The number of nitrogens with two attached hydrogens (primary N) is 1. The van der Waals surface area contributed by atoms with Crippen molar-refractivity contribution in [1.29, 1.82) is 5.26 Å². The molecule has 0 aliphatic carbocycles. The zero-order valence-electron chi connectivity index (χ0n) is 17.8. The van der Waals surface area contributed by atoms with Crippen LogP contribution < -0.4 is 20.8 Å². The predicted octanol–water partition coefficient (Wildman–Crippen LogP) is 3.77. The SMILES string of the molecule is COc1ccc(CCn2c(C)cc3c(c2=O)C(c2ccc(F)cc2)C(C#N)=C(N)O3)cc1. The third-order valence-corrected chi connectivity index (χ3v) is 5.68. The molecule has 0 bridgehead atoms. The number of benzene rings is 2. The molecule has 1 aromatic heterocycles. The normalized spacial score (nSPS) is 15.0. The van der Waals surface area contributed by atoms with Crippen molar-refractivity contribution in [3.63, 3.8) is 0 Å². The third-order valence-electron chi connectivity index (χ3n) is 5.68. The molecular formula is C25H22FN3O3. The van der Waals surface area contributed by atoms with Gasteiger partial charge in [0.1, 0.15) is 29.0 Å². The van der Waals surface area contributed by atoms with Gasteiger partial charge in [-0.1, -0.05) is 24.3 Å². The first-order valence-corrected chi connectivity index (χ1v) is 10.1. The number of rotatable bonds is 5. The van der Waals surface area contributed by atoms with Gasteiger partial charge < -0.3 is 19.8 Å². The van der Waals surface area contributed by atoms with Crippen molar-refractivity contribution < 1.29 is 13.9 Å². The Morgan fingerprint density at radius 2 is 1.88 bits per heavy atom. The Kier molecular flexibility index (Phi) is 5.69. The summed E-state index contributed by atoms with van der Waals surface area (Å²) in [6, 6.07) is 17.2. The molecular weight excluding hydrogens is 409 g/mol. The second-order valence-corrected chi connectivity index (χ2v) is 7.59. The second kappa shape index (κ2) is 8.60.